The summed E-state index contributed by atoms with van der Waals surface area (Å²) >= 11 is 8.80. The van der Waals surface area contributed by atoms with E-state index in [1.807, 2.05) is 34.9 Å². The molecule has 0 radical (unpaired) electrons. The Hall–Kier alpha value is -2.40. The predicted molar refractivity (Wildman–Crippen MR) is 127 cm³/mol. The van der Waals surface area contributed by atoms with Crippen molar-refractivity contribution in [3.05, 3.63) is 50.6 Å². The maximum atomic E-state index is 13.1. The fourth-order valence-corrected chi connectivity index (χ4v) is 5.49. The molecule has 32 heavy (non-hydrogen) atoms. The van der Waals surface area contributed by atoms with Crippen LogP contribution in [0.25, 0.3) is 16.0 Å². The Morgan fingerprint density at radius 3 is 3.03 bits per heavy atom. The molecule has 0 unspecified atom stereocenters. The van der Waals surface area contributed by atoms with Gasteiger partial charge in [0.25, 0.3) is 5.56 Å². The van der Waals surface area contributed by atoms with E-state index in [0.29, 0.717) is 39.5 Å². The SMILES string of the molecule is Cc1ccc(NC(=O)CSc2nnc3n(C[C@H]4CCCO4)c(=O)c4sccc4n23)cc1Cl. The number of anilines is 1. The number of amides is 1. The van der Waals surface area contributed by atoms with Crippen molar-refractivity contribution >= 4 is 62.3 Å². The number of aromatic nitrogens is 4. The van der Waals surface area contributed by atoms with E-state index in [4.69, 9.17) is 16.3 Å². The third-order valence-corrected chi connectivity index (χ3v) is 7.61. The molecule has 1 atom stereocenters. The largest absolute Gasteiger partial charge is 0.376 e. The fraction of sp³-hybridized carbons (Fsp3) is 0.333. The molecule has 3 aromatic heterocycles. The Morgan fingerprint density at radius 2 is 2.25 bits per heavy atom. The normalized spacial score (nSPS) is 16.2. The molecule has 4 heterocycles. The van der Waals surface area contributed by atoms with Gasteiger partial charge in [-0.1, -0.05) is 29.4 Å². The molecule has 0 bridgehead atoms. The topological polar surface area (TPSA) is 90.5 Å². The van der Waals surface area contributed by atoms with Crippen LogP contribution >= 0.6 is 34.7 Å². The van der Waals surface area contributed by atoms with Crippen molar-refractivity contribution in [1.82, 2.24) is 19.2 Å². The second kappa shape index (κ2) is 8.86. The van der Waals surface area contributed by atoms with Crippen LogP contribution in [0.15, 0.2) is 39.6 Å². The summed E-state index contributed by atoms with van der Waals surface area (Å²) in [7, 11) is 0. The van der Waals surface area contributed by atoms with Crippen LogP contribution in [0.5, 0.6) is 0 Å². The number of halogens is 1. The third kappa shape index (κ3) is 4.03. The molecule has 11 heteroatoms. The zero-order chi connectivity index (χ0) is 22.2. The van der Waals surface area contributed by atoms with Gasteiger partial charge in [0, 0.05) is 17.3 Å². The molecule has 1 amide bonds. The van der Waals surface area contributed by atoms with Crippen LogP contribution in [0, 0.1) is 6.92 Å². The van der Waals surface area contributed by atoms with Gasteiger partial charge in [-0.2, -0.15) is 0 Å². The van der Waals surface area contributed by atoms with Gasteiger partial charge in [-0.25, -0.2) is 0 Å². The number of carbonyl (C=O) groups is 1. The number of hydrogen-bond donors (Lipinski definition) is 1. The van der Waals surface area contributed by atoms with E-state index in [9.17, 15) is 9.59 Å². The maximum absolute atomic E-state index is 13.1. The lowest BCUT2D eigenvalue weighted by molar-refractivity contribution is -0.113. The molecule has 5 rings (SSSR count). The molecule has 1 aliphatic rings. The number of benzene rings is 1. The van der Waals surface area contributed by atoms with Crippen molar-refractivity contribution in [3.8, 4) is 0 Å². The summed E-state index contributed by atoms with van der Waals surface area (Å²) in [4.78, 5) is 25.6. The molecule has 1 saturated heterocycles. The van der Waals surface area contributed by atoms with Crippen molar-refractivity contribution in [2.45, 2.75) is 37.6 Å². The zero-order valence-corrected chi connectivity index (χ0v) is 19.6. The van der Waals surface area contributed by atoms with Crippen LogP contribution in [0.2, 0.25) is 5.02 Å². The summed E-state index contributed by atoms with van der Waals surface area (Å²) in [5.41, 5.74) is 2.25. The number of rotatable bonds is 6. The van der Waals surface area contributed by atoms with Crippen molar-refractivity contribution < 1.29 is 9.53 Å². The van der Waals surface area contributed by atoms with Gasteiger partial charge in [0.2, 0.25) is 11.7 Å². The summed E-state index contributed by atoms with van der Waals surface area (Å²) < 4.78 is 9.86. The number of ether oxygens (including phenoxy) is 1. The first-order valence-electron chi connectivity index (χ1n) is 10.2. The monoisotopic (exact) mass is 489 g/mol. The number of hydrogen-bond acceptors (Lipinski definition) is 7. The molecular weight excluding hydrogens is 470 g/mol. The third-order valence-electron chi connectivity index (χ3n) is 5.38. The van der Waals surface area contributed by atoms with E-state index in [0.717, 1.165) is 23.9 Å². The van der Waals surface area contributed by atoms with Gasteiger partial charge in [-0.3, -0.25) is 18.6 Å². The van der Waals surface area contributed by atoms with Crippen LogP contribution in [-0.4, -0.2) is 43.5 Å². The molecular formula is C21H20ClN5O3S2. The zero-order valence-electron chi connectivity index (χ0n) is 17.2. The van der Waals surface area contributed by atoms with E-state index in [2.05, 4.69) is 15.5 Å². The van der Waals surface area contributed by atoms with Crippen LogP contribution in [0.4, 0.5) is 5.69 Å². The summed E-state index contributed by atoms with van der Waals surface area (Å²) in [6.45, 7) is 3.06. The highest BCUT2D eigenvalue weighted by Crippen LogP contribution is 2.26. The lowest BCUT2D eigenvalue weighted by Crippen LogP contribution is -2.28. The Labute approximate surface area is 196 Å². The van der Waals surface area contributed by atoms with Gasteiger partial charge in [0.1, 0.15) is 4.70 Å². The Balaban J connectivity index is 1.42. The molecule has 1 fully saturated rings. The van der Waals surface area contributed by atoms with Crippen molar-refractivity contribution in [3.63, 3.8) is 0 Å². The number of aryl methyl sites for hydroxylation is 1. The van der Waals surface area contributed by atoms with Gasteiger partial charge in [0.05, 0.1) is 23.9 Å². The minimum absolute atomic E-state index is 0.00572. The lowest BCUT2D eigenvalue weighted by atomic mass is 10.2. The smallest absolute Gasteiger partial charge is 0.272 e. The van der Waals surface area contributed by atoms with E-state index >= 15 is 0 Å². The van der Waals surface area contributed by atoms with E-state index in [1.165, 1.54) is 23.1 Å². The van der Waals surface area contributed by atoms with Crippen molar-refractivity contribution in [1.29, 1.82) is 0 Å². The highest BCUT2D eigenvalue weighted by Gasteiger charge is 2.23. The first kappa shape index (κ1) is 21.4. The number of fused-ring (bicyclic) bond motifs is 3. The quantitative estimate of drug-likeness (QED) is 0.412. The average Bonchev–Trinajstić information content (AvgIpc) is 3.52. The van der Waals surface area contributed by atoms with Crippen molar-refractivity contribution in [2.24, 2.45) is 0 Å². The number of thioether (sulfide) groups is 1. The van der Waals surface area contributed by atoms with Gasteiger partial charge in [-0.15, -0.1) is 21.5 Å². The number of carbonyl (C=O) groups excluding carboxylic acids is 1. The summed E-state index contributed by atoms with van der Waals surface area (Å²) in [5, 5.41) is 14.5. The van der Waals surface area contributed by atoms with E-state index < -0.39 is 0 Å². The van der Waals surface area contributed by atoms with Crippen molar-refractivity contribution in [2.75, 3.05) is 17.7 Å². The van der Waals surface area contributed by atoms with E-state index in [1.54, 1.807) is 10.6 Å². The van der Waals surface area contributed by atoms with Gasteiger partial charge < -0.3 is 10.1 Å². The van der Waals surface area contributed by atoms with Gasteiger partial charge >= 0.3 is 0 Å². The Kier molecular flexibility index (Phi) is 5.93. The van der Waals surface area contributed by atoms with Crippen LogP contribution in [0.1, 0.15) is 18.4 Å². The fourth-order valence-electron chi connectivity index (χ4n) is 3.75. The molecule has 1 N–H and O–H groups in total. The molecule has 4 aromatic rings. The predicted octanol–water partition coefficient (Wildman–Crippen LogP) is 3.98. The summed E-state index contributed by atoms with van der Waals surface area (Å²) in [6, 6.07) is 7.28. The molecule has 1 aliphatic heterocycles. The first-order chi connectivity index (χ1) is 15.5. The number of nitrogens with one attached hydrogen (secondary N) is 1. The molecule has 8 nitrogen and oxygen atoms in total. The minimum Gasteiger partial charge on any atom is -0.376 e. The van der Waals surface area contributed by atoms with Crippen LogP contribution in [-0.2, 0) is 16.1 Å². The molecule has 1 aromatic carbocycles. The molecule has 166 valence electrons. The Morgan fingerprint density at radius 1 is 1.38 bits per heavy atom. The van der Waals surface area contributed by atoms with Crippen LogP contribution in [0.3, 0.4) is 0 Å². The number of nitrogens with zero attached hydrogens (tertiary/aromatic N) is 4. The van der Waals surface area contributed by atoms with Gasteiger partial charge in [0.15, 0.2) is 5.16 Å². The number of thiophene rings is 1. The highest BCUT2D eigenvalue weighted by atomic mass is 35.5. The maximum Gasteiger partial charge on any atom is 0.272 e. The lowest BCUT2D eigenvalue weighted by Gasteiger charge is -2.13. The van der Waals surface area contributed by atoms with Crippen LogP contribution < -0.4 is 10.9 Å². The molecule has 0 saturated carbocycles. The first-order valence-corrected chi connectivity index (χ1v) is 12.4. The summed E-state index contributed by atoms with van der Waals surface area (Å²) in [5.74, 6) is 0.425. The average molecular weight is 490 g/mol. The minimum atomic E-state index is -0.180. The molecule has 0 aliphatic carbocycles. The van der Waals surface area contributed by atoms with E-state index in [-0.39, 0.29) is 23.3 Å². The summed E-state index contributed by atoms with van der Waals surface area (Å²) in [6.07, 6.45) is 1.90. The second-order valence-corrected chi connectivity index (χ2v) is 9.87. The Bertz CT molecular complexity index is 1370. The second-order valence-electron chi connectivity index (χ2n) is 7.60. The standard InChI is InChI=1S/C21H20ClN5O3S2/c1-12-4-5-13(9-15(12)22)23-17(28)11-32-21-25-24-20-26(10-14-3-2-7-30-14)19(29)18-16(27(20)21)6-8-31-18/h4-6,8-9,14H,2-3,7,10-11H2,1H3,(H,23,28)/t14-/m1/s1. The van der Waals surface area contributed by atoms with Gasteiger partial charge in [-0.05, 0) is 48.9 Å². The highest BCUT2D eigenvalue weighted by molar-refractivity contribution is 7.99. The molecule has 0 spiro atoms.